The van der Waals surface area contributed by atoms with Gasteiger partial charge in [0.25, 0.3) is 0 Å². The van der Waals surface area contributed by atoms with Gasteiger partial charge in [-0.2, -0.15) is 0 Å². The van der Waals surface area contributed by atoms with Crippen molar-refractivity contribution in [3.8, 4) is 23.0 Å². The lowest BCUT2D eigenvalue weighted by Gasteiger charge is -2.27. The molecular weight excluding hydrogens is 386 g/mol. The summed E-state index contributed by atoms with van der Waals surface area (Å²) in [5.74, 6) is 2.88. The van der Waals surface area contributed by atoms with Gasteiger partial charge in [-0.15, -0.1) is 0 Å². The Balaban J connectivity index is 1.78. The van der Waals surface area contributed by atoms with Gasteiger partial charge in [-0.05, 0) is 37.6 Å². The van der Waals surface area contributed by atoms with Gasteiger partial charge >= 0.3 is 0 Å². The van der Waals surface area contributed by atoms with Crippen LogP contribution >= 0.6 is 0 Å². The molecule has 0 spiro atoms. The minimum atomic E-state index is -0.613. The molecule has 0 bridgehead atoms. The maximum Gasteiger partial charge on any atom is 0.231 e. The van der Waals surface area contributed by atoms with E-state index in [1.807, 2.05) is 50.2 Å². The third kappa shape index (κ3) is 5.78. The number of fused-ring (bicyclic) bond motifs is 1. The Morgan fingerprint density at radius 2 is 1.83 bits per heavy atom. The molecule has 3 rings (SSSR count). The third-order valence-corrected chi connectivity index (χ3v) is 4.81. The summed E-state index contributed by atoms with van der Waals surface area (Å²) in [5, 5.41) is 10.5. The van der Waals surface area contributed by atoms with Gasteiger partial charge in [-0.25, -0.2) is 0 Å². The zero-order valence-electron chi connectivity index (χ0n) is 18.1. The van der Waals surface area contributed by atoms with E-state index in [0.717, 1.165) is 22.6 Å². The molecule has 0 aromatic heterocycles. The van der Waals surface area contributed by atoms with E-state index in [1.165, 1.54) is 0 Å². The molecule has 2 aromatic carbocycles. The van der Waals surface area contributed by atoms with E-state index in [0.29, 0.717) is 31.1 Å². The van der Waals surface area contributed by atoms with Gasteiger partial charge in [0.1, 0.15) is 0 Å². The van der Waals surface area contributed by atoms with Gasteiger partial charge in [0.05, 0.1) is 33.0 Å². The second kappa shape index (κ2) is 10.5. The topological polar surface area (TPSA) is 69.6 Å². The SMILES string of the molecule is COc1cccc(CN(Cc2ccc3c(c2)OCO3)C[C@@H](O)COC(C)C)c1OC. The van der Waals surface area contributed by atoms with Gasteiger partial charge < -0.3 is 28.8 Å². The molecule has 2 aromatic rings. The number of aliphatic hydroxyl groups excluding tert-OH is 1. The van der Waals surface area contributed by atoms with Crippen molar-refractivity contribution in [2.45, 2.75) is 39.1 Å². The van der Waals surface area contributed by atoms with Crippen molar-refractivity contribution in [3.05, 3.63) is 47.5 Å². The highest BCUT2D eigenvalue weighted by Gasteiger charge is 2.19. The normalized spacial score (nSPS) is 13.7. The maximum absolute atomic E-state index is 10.5. The maximum atomic E-state index is 10.5. The first kappa shape index (κ1) is 22.2. The van der Waals surface area contributed by atoms with E-state index in [1.54, 1.807) is 14.2 Å². The Morgan fingerprint density at radius 3 is 2.57 bits per heavy atom. The van der Waals surface area contributed by atoms with Crippen molar-refractivity contribution >= 4 is 0 Å². The zero-order chi connectivity index (χ0) is 21.5. The van der Waals surface area contributed by atoms with Crippen molar-refractivity contribution in [2.75, 3.05) is 34.2 Å². The molecule has 7 nitrogen and oxygen atoms in total. The molecule has 1 atom stereocenters. The number of aliphatic hydroxyl groups is 1. The first-order chi connectivity index (χ1) is 14.5. The van der Waals surface area contributed by atoms with E-state index < -0.39 is 6.10 Å². The molecule has 1 heterocycles. The third-order valence-electron chi connectivity index (χ3n) is 4.81. The predicted octanol–water partition coefficient (Wildman–Crippen LogP) is 3.22. The van der Waals surface area contributed by atoms with E-state index in [4.69, 9.17) is 23.7 Å². The molecule has 30 heavy (non-hydrogen) atoms. The lowest BCUT2D eigenvalue weighted by molar-refractivity contribution is -0.0107. The molecule has 0 aliphatic carbocycles. The number of para-hydroxylation sites is 1. The predicted molar refractivity (Wildman–Crippen MR) is 113 cm³/mol. The molecule has 7 heteroatoms. The zero-order valence-corrected chi connectivity index (χ0v) is 18.1. The van der Waals surface area contributed by atoms with Gasteiger partial charge in [-0.1, -0.05) is 18.2 Å². The van der Waals surface area contributed by atoms with E-state index in [9.17, 15) is 5.11 Å². The first-order valence-corrected chi connectivity index (χ1v) is 10.1. The first-order valence-electron chi connectivity index (χ1n) is 10.1. The largest absolute Gasteiger partial charge is 0.493 e. The average Bonchev–Trinajstić information content (AvgIpc) is 3.19. The van der Waals surface area contributed by atoms with Crippen LogP contribution < -0.4 is 18.9 Å². The molecule has 0 saturated carbocycles. The van der Waals surface area contributed by atoms with E-state index >= 15 is 0 Å². The molecule has 0 unspecified atom stereocenters. The quantitative estimate of drug-likeness (QED) is 0.602. The van der Waals surface area contributed by atoms with Crippen LogP contribution in [0, 0.1) is 0 Å². The molecule has 1 aliphatic heterocycles. The highest BCUT2D eigenvalue weighted by Crippen LogP contribution is 2.34. The van der Waals surface area contributed by atoms with Gasteiger partial charge in [0.15, 0.2) is 23.0 Å². The van der Waals surface area contributed by atoms with Crippen LogP contribution in [-0.2, 0) is 17.8 Å². The molecule has 0 radical (unpaired) electrons. The summed E-state index contributed by atoms with van der Waals surface area (Å²) in [6, 6.07) is 11.7. The summed E-state index contributed by atoms with van der Waals surface area (Å²) in [7, 11) is 3.26. The summed E-state index contributed by atoms with van der Waals surface area (Å²) in [5.41, 5.74) is 2.05. The number of hydrogen-bond acceptors (Lipinski definition) is 7. The van der Waals surface area contributed by atoms with Crippen molar-refractivity contribution in [2.24, 2.45) is 0 Å². The number of nitrogens with zero attached hydrogens (tertiary/aromatic N) is 1. The molecule has 1 aliphatic rings. The fourth-order valence-corrected chi connectivity index (χ4v) is 3.46. The standard InChI is InChI=1S/C23H31NO6/c1-16(2)28-14-19(25)13-24(11-17-8-9-20-22(10-17)30-15-29-20)12-18-6-5-7-21(26-3)23(18)27-4/h5-10,16,19,25H,11-15H2,1-4H3/t19-/m1/s1. The van der Waals surface area contributed by atoms with Gasteiger partial charge in [0, 0.05) is 25.2 Å². The number of benzene rings is 2. The van der Waals surface area contributed by atoms with Gasteiger partial charge in [-0.3, -0.25) is 4.90 Å². The van der Waals surface area contributed by atoms with E-state index in [-0.39, 0.29) is 19.5 Å². The number of rotatable bonds is 11. The van der Waals surface area contributed by atoms with Gasteiger partial charge in [0.2, 0.25) is 6.79 Å². The van der Waals surface area contributed by atoms with Crippen molar-refractivity contribution in [1.82, 2.24) is 4.90 Å². The van der Waals surface area contributed by atoms with Crippen molar-refractivity contribution in [1.29, 1.82) is 0 Å². The Bertz CT molecular complexity index is 825. The van der Waals surface area contributed by atoms with Crippen LogP contribution in [0.3, 0.4) is 0 Å². The summed E-state index contributed by atoms with van der Waals surface area (Å²) >= 11 is 0. The van der Waals surface area contributed by atoms with Crippen LogP contribution in [0.5, 0.6) is 23.0 Å². The summed E-state index contributed by atoms with van der Waals surface area (Å²) < 4.78 is 27.5. The highest BCUT2D eigenvalue weighted by molar-refractivity contribution is 5.47. The Hall–Kier alpha value is -2.48. The summed E-state index contributed by atoms with van der Waals surface area (Å²) in [6.07, 6.45) is -0.543. The Labute approximate surface area is 178 Å². The number of hydrogen-bond donors (Lipinski definition) is 1. The molecular formula is C23H31NO6. The molecule has 0 amide bonds. The fourth-order valence-electron chi connectivity index (χ4n) is 3.46. The van der Waals surface area contributed by atoms with Crippen LogP contribution in [0.1, 0.15) is 25.0 Å². The van der Waals surface area contributed by atoms with Crippen LogP contribution in [0.4, 0.5) is 0 Å². The second-order valence-electron chi connectivity index (χ2n) is 7.55. The van der Waals surface area contributed by atoms with E-state index in [2.05, 4.69) is 4.90 Å². The fraction of sp³-hybridized carbons (Fsp3) is 0.478. The molecule has 0 fully saturated rings. The highest BCUT2D eigenvalue weighted by atomic mass is 16.7. The molecule has 0 saturated heterocycles. The molecule has 164 valence electrons. The Kier molecular flexibility index (Phi) is 7.79. The Morgan fingerprint density at radius 1 is 1.03 bits per heavy atom. The minimum Gasteiger partial charge on any atom is -0.493 e. The number of ether oxygens (including phenoxy) is 5. The molecule has 1 N–H and O–H groups in total. The summed E-state index contributed by atoms with van der Waals surface area (Å²) in [6.45, 7) is 6.08. The number of methoxy groups -OCH3 is 2. The van der Waals surface area contributed by atoms with Crippen molar-refractivity contribution in [3.63, 3.8) is 0 Å². The van der Waals surface area contributed by atoms with Crippen LogP contribution in [0.25, 0.3) is 0 Å². The van der Waals surface area contributed by atoms with Crippen LogP contribution in [0.15, 0.2) is 36.4 Å². The minimum absolute atomic E-state index is 0.0699. The van der Waals surface area contributed by atoms with Crippen molar-refractivity contribution < 1.29 is 28.8 Å². The second-order valence-corrected chi connectivity index (χ2v) is 7.55. The lowest BCUT2D eigenvalue weighted by Crippen LogP contribution is -2.35. The lowest BCUT2D eigenvalue weighted by atomic mass is 10.1. The van der Waals surface area contributed by atoms with Crippen LogP contribution in [0.2, 0.25) is 0 Å². The summed E-state index contributed by atoms with van der Waals surface area (Å²) in [4.78, 5) is 2.16. The smallest absolute Gasteiger partial charge is 0.231 e. The van der Waals surface area contributed by atoms with Crippen LogP contribution in [-0.4, -0.2) is 56.4 Å². The average molecular weight is 418 g/mol. The monoisotopic (exact) mass is 417 g/mol.